The van der Waals surface area contributed by atoms with E-state index < -0.39 is 33.6 Å². The monoisotopic (exact) mass is 549 g/mol. The van der Waals surface area contributed by atoms with E-state index in [4.69, 9.17) is 0 Å². The van der Waals surface area contributed by atoms with Crippen LogP contribution in [-0.4, -0.2) is 44.8 Å². The zero-order valence-electron chi connectivity index (χ0n) is 20.3. The van der Waals surface area contributed by atoms with Gasteiger partial charge in [0, 0.05) is 36.9 Å². The number of imidazole rings is 2. The smallest absolute Gasteiger partial charge is 0.283 e. The summed E-state index contributed by atoms with van der Waals surface area (Å²) < 4.78 is 59.4. The van der Waals surface area contributed by atoms with Gasteiger partial charge in [-0.15, -0.1) is 0 Å². The first-order chi connectivity index (χ1) is 18.8. The molecule has 0 unspecified atom stereocenters. The number of hydrogen-bond acceptors (Lipinski definition) is 7. The summed E-state index contributed by atoms with van der Waals surface area (Å²) in [5, 5.41) is 0. The summed E-state index contributed by atoms with van der Waals surface area (Å²) in [6, 6.07) is 9.30. The van der Waals surface area contributed by atoms with E-state index >= 15 is 0 Å². The van der Waals surface area contributed by atoms with Crippen molar-refractivity contribution in [1.29, 1.82) is 0 Å². The van der Waals surface area contributed by atoms with Gasteiger partial charge in [0.2, 0.25) is 0 Å². The highest BCUT2D eigenvalue weighted by molar-refractivity contribution is 7.90. The number of halogens is 2. The summed E-state index contributed by atoms with van der Waals surface area (Å²) >= 11 is 0. The van der Waals surface area contributed by atoms with Crippen molar-refractivity contribution in [3.8, 4) is 5.82 Å². The van der Waals surface area contributed by atoms with Crippen LogP contribution in [0.1, 0.15) is 34.9 Å². The van der Waals surface area contributed by atoms with Gasteiger partial charge < -0.3 is 4.90 Å². The molecule has 1 aromatic carbocycles. The van der Waals surface area contributed by atoms with Crippen molar-refractivity contribution >= 4 is 27.3 Å². The molecule has 1 N–H and O–H groups in total. The second kappa shape index (κ2) is 9.58. The maximum Gasteiger partial charge on any atom is 0.283 e. The Labute approximate surface area is 221 Å². The Morgan fingerprint density at radius 2 is 1.92 bits per heavy atom. The molecule has 0 saturated carbocycles. The number of rotatable bonds is 6. The number of carbonyl (C=O) groups is 1. The third kappa shape index (κ3) is 4.61. The summed E-state index contributed by atoms with van der Waals surface area (Å²) in [5.74, 6) is -1.43. The van der Waals surface area contributed by atoms with Crippen LogP contribution < -0.4 is 9.62 Å². The molecule has 1 fully saturated rings. The highest BCUT2D eigenvalue weighted by Crippen LogP contribution is 2.37. The Balaban J connectivity index is 1.27. The van der Waals surface area contributed by atoms with Gasteiger partial charge in [-0.2, -0.15) is 0 Å². The molecule has 5 heterocycles. The fourth-order valence-corrected chi connectivity index (χ4v) is 5.69. The number of anilines is 1. The third-order valence-electron chi connectivity index (χ3n) is 6.65. The molecule has 1 saturated heterocycles. The molecular formula is C26H21F2N7O3S. The molecule has 10 nitrogen and oxygen atoms in total. The van der Waals surface area contributed by atoms with Crippen molar-refractivity contribution in [3.05, 3.63) is 103 Å². The number of amides is 1. The molecule has 6 rings (SSSR count). The van der Waals surface area contributed by atoms with E-state index in [2.05, 4.69) is 19.7 Å². The molecule has 1 aliphatic rings. The number of benzene rings is 1. The summed E-state index contributed by atoms with van der Waals surface area (Å²) in [6.45, 7) is 0.596. The van der Waals surface area contributed by atoms with Crippen molar-refractivity contribution in [3.63, 3.8) is 0 Å². The lowest BCUT2D eigenvalue weighted by Crippen LogP contribution is -2.31. The minimum Gasteiger partial charge on any atom is -0.363 e. The molecule has 0 bridgehead atoms. The van der Waals surface area contributed by atoms with Gasteiger partial charge in [-0.05, 0) is 55.3 Å². The van der Waals surface area contributed by atoms with Gasteiger partial charge in [-0.1, -0.05) is 0 Å². The lowest BCUT2D eigenvalue weighted by atomic mass is 10.0. The molecule has 4 aromatic heterocycles. The van der Waals surface area contributed by atoms with Crippen LogP contribution in [-0.2, 0) is 10.0 Å². The molecule has 5 aromatic rings. The number of pyridine rings is 2. The van der Waals surface area contributed by atoms with Gasteiger partial charge in [0.05, 0.1) is 17.9 Å². The zero-order chi connectivity index (χ0) is 27.1. The van der Waals surface area contributed by atoms with E-state index in [-0.39, 0.29) is 16.2 Å². The van der Waals surface area contributed by atoms with E-state index in [1.165, 1.54) is 35.1 Å². The molecule has 0 radical (unpaired) electrons. The Morgan fingerprint density at radius 3 is 2.69 bits per heavy atom. The normalized spacial score (nSPS) is 15.6. The van der Waals surface area contributed by atoms with Crippen molar-refractivity contribution in [2.75, 3.05) is 11.4 Å². The van der Waals surface area contributed by atoms with Crippen molar-refractivity contribution in [1.82, 2.24) is 28.6 Å². The first-order valence-electron chi connectivity index (χ1n) is 12.0. The van der Waals surface area contributed by atoms with Crippen LogP contribution in [0.25, 0.3) is 11.5 Å². The van der Waals surface area contributed by atoms with Crippen LogP contribution in [0, 0.1) is 11.6 Å². The second-order valence-corrected chi connectivity index (χ2v) is 10.7. The molecule has 1 atom stereocenters. The topological polar surface area (TPSA) is 114 Å². The average Bonchev–Trinajstić information content (AvgIpc) is 3.70. The number of nitrogens with one attached hydrogen (secondary N) is 1. The van der Waals surface area contributed by atoms with Gasteiger partial charge in [0.1, 0.15) is 40.0 Å². The second-order valence-electron chi connectivity index (χ2n) is 9.03. The van der Waals surface area contributed by atoms with E-state index in [0.29, 0.717) is 30.1 Å². The minimum absolute atomic E-state index is 0.00824. The summed E-state index contributed by atoms with van der Waals surface area (Å²) in [7, 11) is -4.23. The number of hydrogen-bond donors (Lipinski definition) is 1. The quantitative estimate of drug-likeness (QED) is 0.344. The highest BCUT2D eigenvalue weighted by atomic mass is 32.2. The molecule has 198 valence electrons. The van der Waals surface area contributed by atoms with Crippen molar-refractivity contribution in [2.24, 2.45) is 0 Å². The Hall–Kier alpha value is -4.65. The van der Waals surface area contributed by atoms with Crippen LogP contribution >= 0.6 is 0 Å². The van der Waals surface area contributed by atoms with E-state index in [9.17, 15) is 22.0 Å². The number of aromatic nitrogens is 5. The predicted molar refractivity (Wildman–Crippen MR) is 137 cm³/mol. The van der Waals surface area contributed by atoms with Gasteiger partial charge in [0.25, 0.3) is 15.9 Å². The Kier molecular flexibility index (Phi) is 6.06. The summed E-state index contributed by atoms with van der Waals surface area (Å²) in [6.07, 6.45) is 10.2. The number of carbonyl (C=O) groups excluding carboxylic acids is 1. The van der Waals surface area contributed by atoms with Gasteiger partial charge in [-0.3, -0.25) is 13.8 Å². The first kappa shape index (κ1) is 24.7. The lowest BCUT2D eigenvalue weighted by molar-refractivity contribution is 0.0975. The molecule has 13 heteroatoms. The SMILES string of the molecule is O=C(NS(=O)(=O)c1ccc(-n2ccnc2)nc1)c1cnc2ccc(N3CCC[C@@H]3c3cc(F)ccc3F)cn12. The largest absolute Gasteiger partial charge is 0.363 e. The van der Waals surface area contributed by atoms with Crippen LogP contribution in [0.2, 0.25) is 0 Å². The number of fused-ring (bicyclic) bond motifs is 1. The van der Waals surface area contributed by atoms with Gasteiger partial charge in [0.15, 0.2) is 0 Å². The molecule has 0 spiro atoms. The third-order valence-corrected chi connectivity index (χ3v) is 7.97. The van der Waals surface area contributed by atoms with E-state index in [1.807, 2.05) is 4.90 Å². The van der Waals surface area contributed by atoms with Gasteiger partial charge in [-0.25, -0.2) is 36.9 Å². The number of nitrogens with zero attached hydrogens (tertiary/aromatic N) is 6. The molecule has 39 heavy (non-hydrogen) atoms. The first-order valence-corrected chi connectivity index (χ1v) is 13.5. The molecular weight excluding hydrogens is 528 g/mol. The standard InChI is InChI=1S/C26H21F2N7O3S/c27-17-3-6-21(28)20(12-17)22-2-1-10-34(22)18-4-7-25-31-14-23(35(25)15-18)26(36)32-39(37,38)19-5-8-24(30-13-19)33-11-9-29-16-33/h3-9,11-16,22H,1-2,10H2,(H,32,36)/t22-/m1/s1. The fraction of sp³-hybridized carbons (Fsp3) is 0.154. The molecule has 1 aliphatic heterocycles. The Bertz CT molecular complexity index is 1790. The predicted octanol–water partition coefficient (Wildman–Crippen LogP) is 3.65. The van der Waals surface area contributed by atoms with Gasteiger partial charge >= 0.3 is 0 Å². The summed E-state index contributed by atoms with van der Waals surface area (Å²) in [5.41, 5.74) is 1.32. The number of sulfonamides is 1. The van der Waals surface area contributed by atoms with Crippen LogP contribution in [0.4, 0.5) is 14.5 Å². The highest BCUT2D eigenvalue weighted by Gasteiger charge is 2.30. The molecule has 1 amide bonds. The summed E-state index contributed by atoms with van der Waals surface area (Å²) in [4.78, 5) is 27.1. The Morgan fingerprint density at radius 1 is 1.05 bits per heavy atom. The fourth-order valence-electron chi connectivity index (χ4n) is 4.79. The van der Waals surface area contributed by atoms with Crippen LogP contribution in [0.3, 0.4) is 0 Å². The molecule has 0 aliphatic carbocycles. The van der Waals surface area contributed by atoms with Crippen LogP contribution in [0.5, 0.6) is 0 Å². The maximum atomic E-state index is 14.5. The average molecular weight is 550 g/mol. The van der Waals surface area contributed by atoms with E-state index in [1.54, 1.807) is 35.3 Å². The van der Waals surface area contributed by atoms with Crippen LogP contribution in [0.15, 0.2) is 84.7 Å². The van der Waals surface area contributed by atoms with E-state index in [0.717, 1.165) is 24.8 Å². The van der Waals surface area contributed by atoms with Crippen molar-refractivity contribution in [2.45, 2.75) is 23.8 Å². The van der Waals surface area contributed by atoms with Crippen molar-refractivity contribution < 1.29 is 22.0 Å². The lowest BCUT2D eigenvalue weighted by Gasteiger charge is -2.27. The minimum atomic E-state index is -4.23. The zero-order valence-corrected chi connectivity index (χ0v) is 21.1. The maximum absolute atomic E-state index is 14.5.